The number of thioether (sulfide) groups is 1. The normalized spacial score (nSPS) is 21.9. The number of anilines is 1. The van der Waals surface area contributed by atoms with Crippen LogP contribution in [0.25, 0.3) is 0 Å². The molecule has 1 aliphatic carbocycles. The highest BCUT2D eigenvalue weighted by atomic mass is 32.2. The minimum atomic E-state index is 0.401. The predicted octanol–water partition coefficient (Wildman–Crippen LogP) is 3.54. The third-order valence-electron chi connectivity index (χ3n) is 4.12. The van der Waals surface area contributed by atoms with Crippen molar-refractivity contribution in [2.75, 3.05) is 17.6 Å². The van der Waals surface area contributed by atoms with Crippen molar-refractivity contribution in [2.24, 2.45) is 10.4 Å². The number of hydrogen-bond donors (Lipinski definition) is 1. The van der Waals surface area contributed by atoms with E-state index in [-0.39, 0.29) is 0 Å². The van der Waals surface area contributed by atoms with Crippen molar-refractivity contribution >= 4 is 22.6 Å². The molecule has 2 aliphatic rings. The van der Waals surface area contributed by atoms with E-state index in [1.165, 1.54) is 31.4 Å². The Bertz CT molecular complexity index is 472. The lowest BCUT2D eigenvalue weighted by atomic mass is 9.89. The van der Waals surface area contributed by atoms with Gasteiger partial charge in [0.05, 0.1) is 11.9 Å². The third kappa shape index (κ3) is 2.81. The summed E-state index contributed by atoms with van der Waals surface area (Å²) >= 11 is 1.87. The average molecular weight is 278 g/mol. The summed E-state index contributed by atoms with van der Waals surface area (Å²) in [7, 11) is 0. The van der Waals surface area contributed by atoms with Gasteiger partial charge in [0.2, 0.25) is 0 Å². The lowest BCUT2D eigenvalue weighted by Gasteiger charge is -2.30. The fourth-order valence-electron chi connectivity index (χ4n) is 2.86. The van der Waals surface area contributed by atoms with Crippen LogP contribution < -0.4 is 5.32 Å². The Kier molecular flexibility index (Phi) is 3.56. The molecule has 0 amide bonds. The Morgan fingerprint density at radius 1 is 1.37 bits per heavy atom. The molecule has 1 saturated carbocycles. The molecule has 3 rings (SSSR count). The second-order valence-corrected chi connectivity index (χ2v) is 7.01. The molecule has 1 N–H and O–H groups in total. The van der Waals surface area contributed by atoms with Crippen LogP contribution in [-0.4, -0.2) is 27.2 Å². The smallest absolute Gasteiger partial charge is 0.161 e. The van der Waals surface area contributed by atoms with E-state index < -0.39 is 0 Å². The van der Waals surface area contributed by atoms with Crippen LogP contribution in [0.2, 0.25) is 0 Å². The first-order valence-corrected chi connectivity index (χ1v) is 8.14. The van der Waals surface area contributed by atoms with Crippen molar-refractivity contribution in [1.82, 2.24) is 9.78 Å². The molecule has 5 heteroatoms. The highest BCUT2D eigenvalue weighted by Crippen LogP contribution is 2.43. The Morgan fingerprint density at radius 3 is 2.74 bits per heavy atom. The van der Waals surface area contributed by atoms with Gasteiger partial charge in [-0.3, -0.25) is 9.67 Å². The summed E-state index contributed by atoms with van der Waals surface area (Å²) in [6.45, 7) is 5.27. The molecule has 1 aromatic heterocycles. The fraction of sp³-hybridized carbons (Fsp3) is 0.714. The molecule has 1 fully saturated rings. The zero-order chi connectivity index (χ0) is 13.3. The molecular weight excluding hydrogens is 256 g/mol. The molecule has 0 saturated heterocycles. The monoisotopic (exact) mass is 278 g/mol. The van der Waals surface area contributed by atoms with Gasteiger partial charge in [-0.2, -0.15) is 5.10 Å². The van der Waals surface area contributed by atoms with E-state index in [1.54, 1.807) is 0 Å². The first kappa shape index (κ1) is 13.0. The minimum Gasteiger partial charge on any atom is -0.332 e. The standard InChI is InChI=1S/C14H22N4S/c1-11(2)18-8-12(7-16-18)17-13-15-9-14(10-19-13)5-3-4-6-14/h7-8,11H,3-6,9-10H2,1-2H3,(H,15,17). The van der Waals surface area contributed by atoms with E-state index in [2.05, 4.69) is 24.3 Å². The molecule has 19 heavy (non-hydrogen) atoms. The van der Waals surface area contributed by atoms with Crippen molar-refractivity contribution in [3.63, 3.8) is 0 Å². The molecule has 104 valence electrons. The summed E-state index contributed by atoms with van der Waals surface area (Å²) in [5.74, 6) is 1.22. The van der Waals surface area contributed by atoms with Crippen molar-refractivity contribution < 1.29 is 0 Å². The van der Waals surface area contributed by atoms with Crippen molar-refractivity contribution in [3.05, 3.63) is 12.4 Å². The molecule has 0 radical (unpaired) electrons. The van der Waals surface area contributed by atoms with Crippen LogP contribution in [-0.2, 0) is 0 Å². The molecule has 0 aromatic carbocycles. The zero-order valence-electron chi connectivity index (χ0n) is 11.7. The number of aromatic nitrogens is 2. The van der Waals surface area contributed by atoms with Gasteiger partial charge < -0.3 is 5.32 Å². The maximum Gasteiger partial charge on any atom is 0.161 e. The number of amidine groups is 1. The topological polar surface area (TPSA) is 42.2 Å². The highest BCUT2D eigenvalue weighted by Gasteiger charge is 2.36. The maximum atomic E-state index is 4.75. The summed E-state index contributed by atoms with van der Waals surface area (Å²) in [4.78, 5) is 4.75. The molecule has 1 spiro atoms. The lowest BCUT2D eigenvalue weighted by molar-refractivity contribution is 0.359. The van der Waals surface area contributed by atoms with Crippen LogP contribution in [0, 0.1) is 5.41 Å². The van der Waals surface area contributed by atoms with E-state index in [0.717, 1.165) is 17.4 Å². The second kappa shape index (κ2) is 5.19. The Balaban J connectivity index is 1.62. The van der Waals surface area contributed by atoms with Crippen LogP contribution in [0.1, 0.15) is 45.6 Å². The zero-order valence-corrected chi connectivity index (χ0v) is 12.5. The highest BCUT2D eigenvalue weighted by molar-refractivity contribution is 8.14. The van der Waals surface area contributed by atoms with Gasteiger partial charge in [0.25, 0.3) is 0 Å². The largest absolute Gasteiger partial charge is 0.332 e. The average Bonchev–Trinajstić information content (AvgIpc) is 3.02. The molecule has 4 nitrogen and oxygen atoms in total. The molecule has 2 heterocycles. The summed E-state index contributed by atoms with van der Waals surface area (Å²) in [5.41, 5.74) is 1.56. The van der Waals surface area contributed by atoms with Gasteiger partial charge in [0, 0.05) is 24.5 Å². The fourth-order valence-corrected chi connectivity index (χ4v) is 4.03. The van der Waals surface area contributed by atoms with Crippen LogP contribution in [0.5, 0.6) is 0 Å². The number of hydrogen-bond acceptors (Lipinski definition) is 4. The number of rotatable bonds is 2. The molecule has 0 unspecified atom stereocenters. The number of aliphatic imine (C=N–C) groups is 1. The molecule has 1 aliphatic heterocycles. The summed E-state index contributed by atoms with van der Waals surface area (Å²) < 4.78 is 1.97. The van der Waals surface area contributed by atoms with Crippen molar-refractivity contribution in [1.29, 1.82) is 0 Å². The van der Waals surface area contributed by atoms with Gasteiger partial charge in [-0.25, -0.2) is 0 Å². The Labute approximate surface area is 119 Å². The van der Waals surface area contributed by atoms with Crippen LogP contribution in [0.4, 0.5) is 5.69 Å². The predicted molar refractivity (Wildman–Crippen MR) is 81.9 cm³/mol. The Morgan fingerprint density at radius 2 is 2.16 bits per heavy atom. The summed E-state index contributed by atoms with van der Waals surface area (Å²) in [6.07, 6.45) is 9.43. The van der Waals surface area contributed by atoms with Crippen LogP contribution in [0.15, 0.2) is 17.4 Å². The molecule has 1 aromatic rings. The van der Waals surface area contributed by atoms with E-state index >= 15 is 0 Å². The van der Waals surface area contributed by atoms with E-state index in [9.17, 15) is 0 Å². The van der Waals surface area contributed by atoms with E-state index in [4.69, 9.17) is 4.99 Å². The van der Waals surface area contributed by atoms with Gasteiger partial charge in [-0.1, -0.05) is 24.6 Å². The van der Waals surface area contributed by atoms with Gasteiger partial charge in [-0.05, 0) is 32.1 Å². The van der Waals surface area contributed by atoms with Gasteiger partial charge in [0.15, 0.2) is 5.17 Å². The molecule has 0 atom stereocenters. The van der Waals surface area contributed by atoms with E-state index in [0.29, 0.717) is 11.5 Å². The van der Waals surface area contributed by atoms with Crippen LogP contribution in [0.3, 0.4) is 0 Å². The van der Waals surface area contributed by atoms with Gasteiger partial charge >= 0.3 is 0 Å². The van der Waals surface area contributed by atoms with E-state index in [1.807, 2.05) is 28.8 Å². The first-order chi connectivity index (χ1) is 9.17. The van der Waals surface area contributed by atoms with Crippen molar-refractivity contribution in [3.8, 4) is 0 Å². The quantitative estimate of drug-likeness (QED) is 0.899. The first-order valence-electron chi connectivity index (χ1n) is 7.15. The van der Waals surface area contributed by atoms with Crippen molar-refractivity contribution in [2.45, 2.75) is 45.6 Å². The lowest BCUT2D eigenvalue weighted by Crippen LogP contribution is -2.30. The third-order valence-corrected chi connectivity index (χ3v) is 5.38. The van der Waals surface area contributed by atoms with Crippen LogP contribution >= 0.6 is 11.8 Å². The molecular formula is C14H22N4S. The van der Waals surface area contributed by atoms with Gasteiger partial charge in [0.1, 0.15) is 0 Å². The second-order valence-electron chi connectivity index (χ2n) is 6.04. The SMILES string of the molecule is CC(C)n1cc(NC2=NCC3(CCCC3)CS2)cn1. The minimum absolute atomic E-state index is 0.401. The summed E-state index contributed by atoms with van der Waals surface area (Å²) in [6, 6.07) is 0.401. The molecule has 0 bridgehead atoms. The Hall–Kier alpha value is -0.970. The number of nitrogens with one attached hydrogen (secondary N) is 1. The maximum absolute atomic E-state index is 4.75. The van der Waals surface area contributed by atoms with Gasteiger partial charge in [-0.15, -0.1) is 0 Å². The number of nitrogens with zero attached hydrogens (tertiary/aromatic N) is 3. The summed E-state index contributed by atoms with van der Waals surface area (Å²) in [5, 5.41) is 8.79.